The Morgan fingerprint density at radius 3 is 1.31 bits per heavy atom. The standard InChI is InChI=1S/C53H40N4O/c1-33-30-34(2)53(58-3)40(31-33)39-32-47-50(37-20-12-6-13-21-37)45-27-26-43(55-45)48(35-16-8-4-9-17-35)41-24-25-42(54-41)49(36-18-10-5-11-19-36)44-28-29-46(56-44)51(52(39)57-47)38-22-14-7-15-23-38/h4-32,55-56H,1-3H3. The van der Waals surface area contributed by atoms with E-state index in [-0.39, 0.29) is 0 Å². The largest absolute Gasteiger partial charge is 0.496 e. The third kappa shape index (κ3) is 6.14. The molecule has 0 radical (unpaired) electrons. The van der Waals surface area contributed by atoms with Crippen molar-refractivity contribution in [3.05, 3.63) is 197 Å². The Morgan fingerprint density at radius 2 is 0.862 bits per heavy atom. The number of nitrogens with one attached hydrogen (secondary N) is 2. The van der Waals surface area contributed by atoms with Crippen LogP contribution in [0.5, 0.6) is 5.75 Å². The second-order valence-electron chi connectivity index (χ2n) is 14.8. The van der Waals surface area contributed by atoms with Crippen molar-refractivity contribution < 1.29 is 4.74 Å². The predicted molar refractivity (Wildman–Crippen MR) is 241 cm³/mol. The quantitative estimate of drug-likeness (QED) is 0.178. The number of hydrogen-bond donors (Lipinski definition) is 2. The summed E-state index contributed by atoms with van der Waals surface area (Å²) in [6.07, 6.45) is 6.52. The normalized spacial score (nSPS) is 12.1. The maximum atomic E-state index is 6.19. The summed E-state index contributed by atoms with van der Waals surface area (Å²) in [5.41, 5.74) is 19.8. The minimum atomic E-state index is 0.833. The van der Waals surface area contributed by atoms with Gasteiger partial charge in [0.1, 0.15) is 5.75 Å². The summed E-state index contributed by atoms with van der Waals surface area (Å²) in [6.45, 7) is 4.25. The molecule has 0 unspecified atom stereocenters. The molecule has 5 aromatic carbocycles. The van der Waals surface area contributed by atoms with Gasteiger partial charge in [0.2, 0.25) is 0 Å². The van der Waals surface area contributed by atoms with Crippen molar-refractivity contribution >= 4 is 45.9 Å². The maximum absolute atomic E-state index is 6.19. The molecule has 2 N–H and O–H groups in total. The highest BCUT2D eigenvalue weighted by Gasteiger charge is 2.26. The van der Waals surface area contributed by atoms with Gasteiger partial charge in [0.25, 0.3) is 0 Å². The fraction of sp³-hybridized carbons (Fsp3) is 0.0566. The van der Waals surface area contributed by atoms with Crippen LogP contribution in [0.4, 0.5) is 0 Å². The molecule has 0 spiro atoms. The first-order valence-corrected chi connectivity index (χ1v) is 19.6. The molecule has 0 atom stereocenters. The van der Waals surface area contributed by atoms with Crippen LogP contribution in [-0.4, -0.2) is 27.0 Å². The van der Waals surface area contributed by atoms with Gasteiger partial charge in [-0.05, 0) is 95.8 Å². The lowest BCUT2D eigenvalue weighted by Gasteiger charge is -2.15. The number of nitrogens with zero attached hydrogens (tertiary/aromatic N) is 2. The zero-order valence-corrected chi connectivity index (χ0v) is 32.5. The Labute approximate surface area is 337 Å². The topological polar surface area (TPSA) is 66.6 Å². The van der Waals surface area contributed by atoms with Crippen molar-refractivity contribution in [1.82, 2.24) is 19.9 Å². The fourth-order valence-corrected chi connectivity index (χ4v) is 8.54. The summed E-state index contributed by atoms with van der Waals surface area (Å²) in [5, 5.41) is 0. The molecule has 2 aliphatic heterocycles. The minimum absolute atomic E-state index is 0.833. The molecule has 58 heavy (non-hydrogen) atoms. The molecular formula is C53H40N4O. The number of aromatic amines is 2. The molecule has 2 aliphatic rings. The van der Waals surface area contributed by atoms with Gasteiger partial charge in [0, 0.05) is 55.5 Å². The van der Waals surface area contributed by atoms with E-state index < -0.39 is 0 Å². The van der Waals surface area contributed by atoms with Gasteiger partial charge < -0.3 is 14.7 Å². The Kier molecular flexibility index (Phi) is 8.76. The Morgan fingerprint density at radius 1 is 0.448 bits per heavy atom. The van der Waals surface area contributed by atoms with Crippen LogP contribution in [0.25, 0.3) is 90.4 Å². The van der Waals surface area contributed by atoms with Crippen LogP contribution < -0.4 is 4.74 Å². The highest BCUT2D eigenvalue weighted by Crippen LogP contribution is 2.44. The molecule has 0 saturated carbocycles. The number of H-pyrrole nitrogens is 2. The van der Waals surface area contributed by atoms with E-state index in [1.165, 1.54) is 0 Å². The average Bonchev–Trinajstić information content (AvgIpc) is 4.10. The number of hydrogen-bond acceptors (Lipinski definition) is 3. The highest BCUT2D eigenvalue weighted by atomic mass is 16.5. The van der Waals surface area contributed by atoms with E-state index in [1.54, 1.807) is 7.11 Å². The van der Waals surface area contributed by atoms with Crippen molar-refractivity contribution in [2.75, 3.05) is 7.11 Å². The lowest BCUT2D eigenvalue weighted by molar-refractivity contribution is 0.410. The molecule has 0 amide bonds. The summed E-state index contributed by atoms with van der Waals surface area (Å²) in [4.78, 5) is 18.9. The van der Waals surface area contributed by atoms with E-state index in [4.69, 9.17) is 14.7 Å². The molecule has 0 fully saturated rings. The van der Waals surface area contributed by atoms with E-state index in [0.717, 1.165) is 117 Å². The van der Waals surface area contributed by atoms with Gasteiger partial charge in [-0.25, -0.2) is 9.97 Å². The number of benzene rings is 5. The van der Waals surface area contributed by atoms with Crippen LogP contribution in [0, 0.1) is 13.8 Å². The van der Waals surface area contributed by atoms with Crippen LogP contribution >= 0.6 is 0 Å². The third-order valence-electron chi connectivity index (χ3n) is 11.0. The number of methoxy groups -OCH3 is 1. The molecule has 8 bridgehead atoms. The Balaban J connectivity index is 1.45. The first-order valence-electron chi connectivity index (χ1n) is 19.6. The molecule has 5 heterocycles. The van der Waals surface area contributed by atoms with Crippen molar-refractivity contribution in [3.8, 4) is 50.3 Å². The number of aromatic nitrogens is 4. The van der Waals surface area contributed by atoms with Gasteiger partial charge >= 0.3 is 0 Å². The van der Waals surface area contributed by atoms with Gasteiger partial charge in [-0.15, -0.1) is 0 Å². The molecule has 10 rings (SSSR count). The first kappa shape index (κ1) is 35.0. The molecule has 5 nitrogen and oxygen atoms in total. The van der Waals surface area contributed by atoms with E-state index in [2.05, 4.69) is 200 Å². The summed E-state index contributed by atoms with van der Waals surface area (Å²) >= 11 is 0. The summed E-state index contributed by atoms with van der Waals surface area (Å²) in [7, 11) is 1.76. The van der Waals surface area contributed by atoms with Gasteiger partial charge in [-0.1, -0.05) is 127 Å². The Bertz CT molecular complexity index is 3080. The zero-order valence-electron chi connectivity index (χ0n) is 32.5. The molecule has 8 aromatic rings. The summed E-state index contributed by atoms with van der Waals surface area (Å²) in [6, 6.07) is 55.2. The molecule has 278 valence electrons. The van der Waals surface area contributed by atoms with E-state index in [0.29, 0.717) is 0 Å². The average molecular weight is 749 g/mol. The Hall–Kier alpha value is -7.50. The van der Waals surface area contributed by atoms with E-state index in [9.17, 15) is 0 Å². The second kappa shape index (κ2) is 14.5. The van der Waals surface area contributed by atoms with Crippen molar-refractivity contribution in [3.63, 3.8) is 0 Å². The third-order valence-corrected chi connectivity index (χ3v) is 11.0. The SMILES string of the molecule is COc1c(C)cc(C)cc1C1=Cc2nc1c(-c1ccccc1)c1ccc([nH]1)c(-c1ccccc1)c1nc(c(-c3ccccc3)c3ccc([nH]3)c2-c2ccccc2)C=C1. The van der Waals surface area contributed by atoms with Gasteiger partial charge in [-0.3, -0.25) is 0 Å². The number of fused-ring (bicyclic) bond motifs is 8. The lowest BCUT2D eigenvalue weighted by atomic mass is 9.92. The number of ether oxygens (including phenoxy) is 1. The van der Waals surface area contributed by atoms with Crippen LogP contribution in [0.2, 0.25) is 0 Å². The highest BCUT2D eigenvalue weighted by molar-refractivity contribution is 6.06. The summed E-state index contributed by atoms with van der Waals surface area (Å²) < 4.78 is 6.19. The van der Waals surface area contributed by atoms with Crippen molar-refractivity contribution in [2.24, 2.45) is 0 Å². The fourth-order valence-electron chi connectivity index (χ4n) is 8.54. The molecule has 0 aliphatic carbocycles. The van der Waals surface area contributed by atoms with Crippen LogP contribution in [0.15, 0.2) is 158 Å². The number of rotatable bonds is 6. The molecule has 5 heteroatoms. The van der Waals surface area contributed by atoms with E-state index in [1.807, 2.05) is 0 Å². The van der Waals surface area contributed by atoms with Crippen LogP contribution in [-0.2, 0) is 0 Å². The van der Waals surface area contributed by atoms with Gasteiger partial charge in [0.15, 0.2) is 0 Å². The zero-order chi connectivity index (χ0) is 39.2. The molecule has 3 aromatic heterocycles. The predicted octanol–water partition coefficient (Wildman–Crippen LogP) is 13.4. The van der Waals surface area contributed by atoms with Crippen molar-refractivity contribution in [1.29, 1.82) is 0 Å². The van der Waals surface area contributed by atoms with Gasteiger partial charge in [-0.2, -0.15) is 0 Å². The van der Waals surface area contributed by atoms with E-state index >= 15 is 0 Å². The monoisotopic (exact) mass is 748 g/mol. The summed E-state index contributed by atoms with van der Waals surface area (Å²) in [5.74, 6) is 0.833. The lowest BCUT2D eigenvalue weighted by Crippen LogP contribution is -1.98. The molecule has 0 saturated heterocycles. The first-order chi connectivity index (χ1) is 28.5. The van der Waals surface area contributed by atoms with Crippen molar-refractivity contribution in [2.45, 2.75) is 13.8 Å². The minimum Gasteiger partial charge on any atom is -0.496 e. The number of aryl methyl sites for hydroxylation is 2. The second-order valence-corrected chi connectivity index (χ2v) is 14.8. The van der Waals surface area contributed by atoms with Crippen LogP contribution in [0.3, 0.4) is 0 Å². The van der Waals surface area contributed by atoms with Gasteiger partial charge in [0.05, 0.1) is 29.9 Å². The smallest absolute Gasteiger partial charge is 0.129 e. The molecular weight excluding hydrogens is 709 g/mol. The maximum Gasteiger partial charge on any atom is 0.129 e. The van der Waals surface area contributed by atoms with Crippen LogP contribution in [0.1, 0.15) is 39.5 Å².